The molecule has 0 saturated carbocycles. The molecule has 1 N–H and O–H groups in total. The number of carbonyl (C=O) groups excluding carboxylic acids is 1. The fraction of sp³-hybridized carbons (Fsp3) is 0.360. The van der Waals surface area contributed by atoms with E-state index in [0.29, 0.717) is 25.9 Å². The molecule has 0 spiro atoms. The van der Waals surface area contributed by atoms with Gasteiger partial charge in [0.2, 0.25) is 0 Å². The molecule has 5 rings (SSSR count). The molecular weight excluding hydrogens is 445 g/mol. The van der Waals surface area contributed by atoms with Crippen LogP contribution in [-0.2, 0) is 0 Å². The van der Waals surface area contributed by atoms with Gasteiger partial charge in [-0.15, -0.1) is 0 Å². The Morgan fingerprint density at radius 2 is 1.65 bits per heavy atom. The van der Waals surface area contributed by atoms with Gasteiger partial charge in [-0.05, 0) is 17.7 Å². The summed E-state index contributed by atoms with van der Waals surface area (Å²) in [5.74, 6) is 0.587. The Balaban J connectivity index is 1.33. The molecule has 2 aromatic carbocycles. The summed E-state index contributed by atoms with van der Waals surface area (Å²) in [6, 6.07) is 16.1. The second kappa shape index (κ2) is 9.04. The summed E-state index contributed by atoms with van der Waals surface area (Å²) in [6.07, 6.45) is -2.14. The molecule has 178 valence electrons. The summed E-state index contributed by atoms with van der Waals surface area (Å²) in [5.41, 5.74) is 0.902. The highest BCUT2D eigenvalue weighted by molar-refractivity contribution is 5.99. The number of alkyl halides is 3. The van der Waals surface area contributed by atoms with Crippen molar-refractivity contribution in [2.45, 2.75) is 43.6 Å². The Kier molecular flexibility index (Phi) is 5.93. The molecule has 0 bridgehead atoms. The summed E-state index contributed by atoms with van der Waals surface area (Å²) in [6.45, 7) is 0.928. The van der Waals surface area contributed by atoms with E-state index >= 15 is 0 Å². The lowest BCUT2D eigenvalue weighted by molar-refractivity contribution is -0.173. The molecule has 3 heterocycles. The van der Waals surface area contributed by atoms with Crippen molar-refractivity contribution in [2.75, 3.05) is 18.4 Å². The molecule has 9 heteroatoms. The monoisotopic (exact) mass is 470 g/mol. The summed E-state index contributed by atoms with van der Waals surface area (Å²) in [7, 11) is 0. The lowest BCUT2D eigenvalue weighted by Gasteiger charge is -2.35. The highest BCUT2D eigenvalue weighted by atomic mass is 19.4. The molecule has 0 radical (unpaired) electrons. The topological polar surface area (TPSA) is 59.4 Å². The number of rotatable bonds is 4. The fourth-order valence-corrected chi connectivity index (χ4v) is 4.66. The largest absolute Gasteiger partial charge is 0.490 e. The van der Waals surface area contributed by atoms with E-state index in [2.05, 4.69) is 10.4 Å². The molecule has 2 aliphatic heterocycles. The Morgan fingerprint density at radius 3 is 2.29 bits per heavy atom. The predicted molar refractivity (Wildman–Crippen MR) is 121 cm³/mol. The second-order valence-corrected chi connectivity index (χ2v) is 8.67. The average Bonchev–Trinajstić information content (AvgIpc) is 3.28. The van der Waals surface area contributed by atoms with Crippen molar-refractivity contribution in [3.05, 3.63) is 78.0 Å². The number of amides is 1. The number of nitrogens with zero attached hydrogens (tertiary/aromatic N) is 3. The number of fused-ring (bicyclic) bond motifs is 1. The first kappa shape index (κ1) is 22.3. The molecule has 34 heavy (non-hydrogen) atoms. The van der Waals surface area contributed by atoms with Gasteiger partial charge in [0.1, 0.15) is 23.2 Å². The van der Waals surface area contributed by atoms with Crippen molar-refractivity contribution in [3.63, 3.8) is 0 Å². The quantitative estimate of drug-likeness (QED) is 0.568. The summed E-state index contributed by atoms with van der Waals surface area (Å²) < 4.78 is 48.6. The highest BCUT2D eigenvalue weighted by Crippen LogP contribution is 2.44. The van der Waals surface area contributed by atoms with Crippen LogP contribution in [0, 0.1) is 0 Å². The van der Waals surface area contributed by atoms with Gasteiger partial charge in [-0.3, -0.25) is 4.79 Å². The Morgan fingerprint density at radius 1 is 1.00 bits per heavy atom. The number of likely N-dealkylation sites (tertiary alicyclic amines) is 1. The van der Waals surface area contributed by atoms with Crippen LogP contribution in [0.2, 0.25) is 0 Å². The lowest BCUT2D eigenvalue weighted by atomic mass is 9.96. The molecule has 1 fully saturated rings. The van der Waals surface area contributed by atoms with E-state index in [1.807, 2.05) is 36.4 Å². The zero-order valence-corrected chi connectivity index (χ0v) is 18.4. The van der Waals surface area contributed by atoms with Crippen LogP contribution in [0.4, 0.5) is 19.0 Å². The zero-order valence-electron chi connectivity index (χ0n) is 18.4. The van der Waals surface area contributed by atoms with Crippen LogP contribution in [0.25, 0.3) is 0 Å². The number of hydrogen-bond donors (Lipinski definition) is 1. The van der Waals surface area contributed by atoms with Gasteiger partial charge in [-0.2, -0.15) is 18.3 Å². The number of carbonyl (C=O) groups is 1. The van der Waals surface area contributed by atoms with E-state index in [-0.39, 0.29) is 29.8 Å². The zero-order chi connectivity index (χ0) is 23.7. The number of benzene rings is 2. The number of hydrogen-bond acceptors (Lipinski definition) is 4. The summed E-state index contributed by atoms with van der Waals surface area (Å²) >= 11 is 0. The minimum Gasteiger partial charge on any atom is -0.490 e. The number of aromatic nitrogens is 2. The molecule has 1 amide bonds. The highest BCUT2D eigenvalue weighted by Gasteiger charge is 2.47. The van der Waals surface area contributed by atoms with Crippen molar-refractivity contribution in [1.82, 2.24) is 14.7 Å². The normalized spacial score (nSPS) is 21.0. The third kappa shape index (κ3) is 4.47. The van der Waals surface area contributed by atoms with Crippen LogP contribution < -0.4 is 10.1 Å². The minimum absolute atomic E-state index is 0.0114. The Labute approximate surface area is 195 Å². The van der Waals surface area contributed by atoms with Gasteiger partial charge in [0.25, 0.3) is 5.91 Å². The molecular formula is C25H25F3N4O2. The molecule has 1 unspecified atom stereocenters. The Bertz CT molecular complexity index is 1130. The number of nitrogens with one attached hydrogen (secondary N) is 1. The maximum absolute atomic E-state index is 13.9. The van der Waals surface area contributed by atoms with Crippen LogP contribution in [0.15, 0.2) is 66.9 Å². The molecule has 3 aromatic rings. The van der Waals surface area contributed by atoms with Crippen LogP contribution in [0.5, 0.6) is 5.75 Å². The SMILES string of the molecule is O=C(c1cnn2c1NC(c1ccccc1)C[C@H]2C(F)(F)F)N1CCC(Oc2ccccc2)CC1. The predicted octanol–water partition coefficient (Wildman–Crippen LogP) is 5.23. The van der Waals surface area contributed by atoms with Crippen LogP contribution in [0.1, 0.15) is 47.3 Å². The molecule has 2 atom stereocenters. The van der Waals surface area contributed by atoms with Gasteiger partial charge in [0, 0.05) is 32.4 Å². The number of anilines is 1. The van der Waals surface area contributed by atoms with Gasteiger partial charge >= 0.3 is 6.18 Å². The van der Waals surface area contributed by atoms with Crippen molar-refractivity contribution in [2.24, 2.45) is 0 Å². The van der Waals surface area contributed by atoms with E-state index in [0.717, 1.165) is 16.0 Å². The molecule has 2 aliphatic rings. The van der Waals surface area contributed by atoms with Crippen LogP contribution in [0.3, 0.4) is 0 Å². The lowest BCUT2D eigenvalue weighted by Crippen LogP contribution is -2.42. The first-order valence-electron chi connectivity index (χ1n) is 11.4. The average molecular weight is 470 g/mol. The third-order valence-electron chi connectivity index (χ3n) is 6.45. The summed E-state index contributed by atoms with van der Waals surface area (Å²) in [5, 5.41) is 7.14. The van der Waals surface area contributed by atoms with Crippen molar-refractivity contribution in [1.29, 1.82) is 0 Å². The van der Waals surface area contributed by atoms with Gasteiger partial charge in [-0.25, -0.2) is 4.68 Å². The van der Waals surface area contributed by atoms with E-state index in [1.54, 1.807) is 29.2 Å². The molecule has 0 aliphatic carbocycles. The third-order valence-corrected chi connectivity index (χ3v) is 6.45. The van der Waals surface area contributed by atoms with E-state index in [1.165, 1.54) is 6.20 Å². The van der Waals surface area contributed by atoms with Gasteiger partial charge < -0.3 is 15.0 Å². The molecule has 1 aromatic heterocycles. The molecule has 6 nitrogen and oxygen atoms in total. The van der Waals surface area contributed by atoms with Gasteiger partial charge in [0.15, 0.2) is 6.04 Å². The second-order valence-electron chi connectivity index (χ2n) is 8.67. The number of ether oxygens (including phenoxy) is 1. The van der Waals surface area contributed by atoms with Gasteiger partial charge in [0.05, 0.1) is 12.2 Å². The number of piperidine rings is 1. The minimum atomic E-state index is -4.48. The number of halogens is 3. The van der Waals surface area contributed by atoms with Crippen molar-refractivity contribution >= 4 is 11.7 Å². The van der Waals surface area contributed by atoms with Crippen molar-refractivity contribution < 1.29 is 22.7 Å². The Hall–Kier alpha value is -3.49. The summed E-state index contributed by atoms with van der Waals surface area (Å²) in [4.78, 5) is 15.0. The fourth-order valence-electron chi connectivity index (χ4n) is 4.66. The number of para-hydroxylation sites is 1. The van der Waals surface area contributed by atoms with E-state index < -0.39 is 18.3 Å². The molecule has 1 saturated heterocycles. The van der Waals surface area contributed by atoms with E-state index in [9.17, 15) is 18.0 Å². The van der Waals surface area contributed by atoms with Crippen LogP contribution >= 0.6 is 0 Å². The van der Waals surface area contributed by atoms with E-state index in [4.69, 9.17) is 4.74 Å². The maximum atomic E-state index is 13.9. The van der Waals surface area contributed by atoms with Crippen molar-refractivity contribution in [3.8, 4) is 5.75 Å². The van der Waals surface area contributed by atoms with Crippen LogP contribution in [-0.4, -0.2) is 46.0 Å². The smallest absolute Gasteiger partial charge is 0.410 e. The first-order valence-corrected chi connectivity index (χ1v) is 11.4. The standard InChI is InChI=1S/C25H25F3N4O2/c26-25(27,28)22-15-21(17-7-3-1-4-8-17)30-23-20(16-29-32(22)23)24(33)31-13-11-19(12-14-31)34-18-9-5-2-6-10-18/h1-10,16,19,21-22,30H,11-15H2/t21?,22-/m0/s1. The maximum Gasteiger partial charge on any atom is 0.410 e. The first-order chi connectivity index (χ1) is 16.4. The van der Waals surface area contributed by atoms with Gasteiger partial charge in [-0.1, -0.05) is 48.5 Å².